The number of nitrogens with two attached hydrogens (primary N) is 1. The van der Waals surface area contributed by atoms with Gasteiger partial charge in [0.25, 0.3) is 5.91 Å². The van der Waals surface area contributed by atoms with Crippen LogP contribution in [0.5, 0.6) is 5.75 Å². The highest BCUT2D eigenvalue weighted by molar-refractivity contribution is 6.33. The van der Waals surface area contributed by atoms with Gasteiger partial charge in [-0.2, -0.15) is 0 Å². The number of rotatable bonds is 9. The molecule has 172 valence electrons. The first-order valence-corrected chi connectivity index (χ1v) is 10.9. The number of carbonyl (C=O) groups excluding carboxylic acids is 2. The van der Waals surface area contributed by atoms with E-state index in [1.54, 1.807) is 37.7 Å². The Bertz CT molecular complexity index is 941. The number of carbonyl (C=O) groups is 2. The third kappa shape index (κ3) is 5.97. The average Bonchev–Trinajstić information content (AvgIpc) is 2.81. The molecule has 2 heterocycles. The van der Waals surface area contributed by atoms with E-state index in [1.165, 1.54) is 13.2 Å². The van der Waals surface area contributed by atoms with Gasteiger partial charge >= 0.3 is 0 Å². The molecule has 0 radical (unpaired) electrons. The molecule has 1 aliphatic heterocycles. The van der Waals surface area contributed by atoms with Crippen LogP contribution in [0.25, 0.3) is 0 Å². The van der Waals surface area contributed by atoms with E-state index < -0.39 is 0 Å². The largest absolute Gasteiger partial charge is 0.496 e. The molecule has 3 N–H and O–H groups in total. The van der Waals surface area contributed by atoms with Crippen LogP contribution in [0.1, 0.15) is 40.0 Å². The zero-order valence-electron chi connectivity index (χ0n) is 18.3. The summed E-state index contributed by atoms with van der Waals surface area (Å²) in [5.41, 5.74) is 7.13. The third-order valence-electron chi connectivity index (χ3n) is 5.69. The summed E-state index contributed by atoms with van der Waals surface area (Å²) in [5.74, 6) is 0.181. The van der Waals surface area contributed by atoms with Gasteiger partial charge in [0.05, 0.1) is 35.5 Å². The molecule has 1 aromatic heterocycles. The first-order chi connectivity index (χ1) is 15.4. The summed E-state index contributed by atoms with van der Waals surface area (Å²) in [6.45, 7) is 2.25. The van der Waals surface area contributed by atoms with Gasteiger partial charge in [-0.1, -0.05) is 11.6 Å². The van der Waals surface area contributed by atoms with Gasteiger partial charge in [-0.05, 0) is 37.6 Å². The molecule has 2 aromatic rings. The van der Waals surface area contributed by atoms with E-state index in [-0.39, 0.29) is 23.8 Å². The van der Waals surface area contributed by atoms with E-state index in [4.69, 9.17) is 26.8 Å². The van der Waals surface area contributed by atoms with Crippen LogP contribution in [-0.2, 0) is 4.74 Å². The summed E-state index contributed by atoms with van der Waals surface area (Å²) >= 11 is 6.10. The smallest absolute Gasteiger partial charge is 0.255 e. The Morgan fingerprint density at radius 3 is 2.84 bits per heavy atom. The fourth-order valence-corrected chi connectivity index (χ4v) is 4.05. The van der Waals surface area contributed by atoms with Crippen molar-refractivity contribution in [2.45, 2.75) is 31.4 Å². The monoisotopic (exact) mass is 460 g/mol. The van der Waals surface area contributed by atoms with Gasteiger partial charge in [0.2, 0.25) is 0 Å². The maximum absolute atomic E-state index is 12.9. The zero-order valence-corrected chi connectivity index (χ0v) is 19.1. The van der Waals surface area contributed by atoms with Crippen LogP contribution < -0.4 is 15.8 Å². The van der Waals surface area contributed by atoms with Crippen molar-refractivity contribution in [1.82, 2.24) is 15.2 Å². The third-order valence-corrected chi connectivity index (χ3v) is 6.01. The molecule has 1 saturated heterocycles. The molecule has 32 heavy (non-hydrogen) atoms. The van der Waals surface area contributed by atoms with Crippen molar-refractivity contribution in [1.29, 1.82) is 0 Å². The summed E-state index contributed by atoms with van der Waals surface area (Å²) in [6, 6.07) is 6.46. The fourth-order valence-electron chi connectivity index (χ4n) is 3.88. The topological polar surface area (TPSA) is 107 Å². The Balaban J connectivity index is 1.53. The molecule has 0 saturated carbocycles. The molecule has 2 atom stereocenters. The highest BCUT2D eigenvalue weighted by Crippen LogP contribution is 2.29. The van der Waals surface area contributed by atoms with Gasteiger partial charge in [-0.3, -0.25) is 14.6 Å². The van der Waals surface area contributed by atoms with Crippen molar-refractivity contribution >= 4 is 29.0 Å². The van der Waals surface area contributed by atoms with Gasteiger partial charge in [0.1, 0.15) is 5.75 Å². The van der Waals surface area contributed by atoms with Crippen LogP contribution in [0.15, 0.2) is 36.7 Å². The van der Waals surface area contributed by atoms with Crippen LogP contribution in [0, 0.1) is 0 Å². The van der Waals surface area contributed by atoms with E-state index in [0.717, 1.165) is 25.9 Å². The molecular weight excluding hydrogens is 432 g/mol. The molecule has 1 aromatic carbocycles. The van der Waals surface area contributed by atoms with Crippen molar-refractivity contribution in [2.24, 2.45) is 0 Å². The van der Waals surface area contributed by atoms with Gasteiger partial charge in [-0.25, -0.2) is 0 Å². The molecule has 8 nitrogen and oxygen atoms in total. The number of hydrogen-bond donors (Lipinski definition) is 2. The number of amides is 1. The molecule has 0 spiro atoms. The van der Waals surface area contributed by atoms with Crippen molar-refractivity contribution in [3.8, 4) is 5.75 Å². The maximum atomic E-state index is 12.9. The number of nitrogen functional groups attached to an aromatic ring is 1. The number of ketones is 1. The van der Waals surface area contributed by atoms with Crippen LogP contribution in [-0.4, -0.2) is 67.6 Å². The number of anilines is 1. The molecule has 1 fully saturated rings. The fraction of sp³-hybridized carbons (Fsp3) is 0.435. The number of likely N-dealkylation sites (tertiary alicyclic amines) is 1. The Kier molecular flexibility index (Phi) is 8.44. The van der Waals surface area contributed by atoms with E-state index in [1.807, 2.05) is 0 Å². The minimum atomic E-state index is -0.286. The van der Waals surface area contributed by atoms with Gasteiger partial charge < -0.3 is 25.4 Å². The summed E-state index contributed by atoms with van der Waals surface area (Å²) in [5, 5.41) is 3.34. The number of halogens is 1. The molecule has 0 bridgehead atoms. The van der Waals surface area contributed by atoms with Crippen LogP contribution in [0.2, 0.25) is 5.02 Å². The number of nitrogens with zero attached hydrogens (tertiary/aromatic N) is 2. The lowest BCUT2D eigenvalue weighted by atomic mass is 10.00. The number of aromatic nitrogens is 1. The maximum Gasteiger partial charge on any atom is 0.255 e. The van der Waals surface area contributed by atoms with Crippen molar-refractivity contribution < 1.29 is 19.1 Å². The number of methoxy groups -OCH3 is 2. The minimum Gasteiger partial charge on any atom is -0.496 e. The van der Waals surface area contributed by atoms with E-state index in [0.29, 0.717) is 40.6 Å². The average molecular weight is 461 g/mol. The highest BCUT2D eigenvalue weighted by atomic mass is 35.5. The number of ether oxygens (including phenoxy) is 2. The lowest BCUT2D eigenvalue weighted by Crippen LogP contribution is -2.54. The molecule has 1 aliphatic rings. The van der Waals surface area contributed by atoms with Crippen molar-refractivity contribution in [3.63, 3.8) is 0 Å². The minimum absolute atomic E-state index is 0.0969. The van der Waals surface area contributed by atoms with Gasteiger partial charge in [0, 0.05) is 50.6 Å². The summed E-state index contributed by atoms with van der Waals surface area (Å²) < 4.78 is 10.9. The number of piperidine rings is 1. The highest BCUT2D eigenvalue weighted by Gasteiger charge is 2.31. The summed E-state index contributed by atoms with van der Waals surface area (Å²) in [7, 11) is 3.12. The van der Waals surface area contributed by atoms with Crippen molar-refractivity contribution in [3.05, 3.63) is 52.8 Å². The van der Waals surface area contributed by atoms with Crippen LogP contribution in [0.3, 0.4) is 0 Å². The Hall–Kier alpha value is -2.68. The number of benzene rings is 1. The number of hydrogen-bond acceptors (Lipinski definition) is 7. The second kappa shape index (κ2) is 11.3. The number of nitrogens with one attached hydrogen (secondary N) is 1. The van der Waals surface area contributed by atoms with Crippen molar-refractivity contribution in [2.75, 3.05) is 39.6 Å². The molecule has 9 heteroatoms. The number of pyridine rings is 1. The van der Waals surface area contributed by atoms with Crippen LogP contribution in [0.4, 0.5) is 5.69 Å². The van der Waals surface area contributed by atoms with E-state index in [9.17, 15) is 9.59 Å². The van der Waals surface area contributed by atoms with Gasteiger partial charge in [0.15, 0.2) is 5.78 Å². The first kappa shape index (κ1) is 24.0. The zero-order chi connectivity index (χ0) is 23.1. The molecule has 0 aliphatic carbocycles. The Labute approximate surface area is 193 Å². The summed E-state index contributed by atoms with van der Waals surface area (Å²) in [6.07, 6.45) is 5.03. The SMILES string of the molecule is COc1cc(N)c(Cl)cc1C(=O)N[C@@H]1CCN(CCCC(=O)c2cccnc2)C[C@@H]1OC. The Morgan fingerprint density at radius 2 is 2.16 bits per heavy atom. The first-order valence-electron chi connectivity index (χ1n) is 10.5. The quantitative estimate of drug-likeness (QED) is 0.437. The second-order valence-electron chi connectivity index (χ2n) is 7.79. The molecular formula is C23H29ClN4O4. The standard InChI is InChI=1S/C23H29ClN4O4/c1-31-21-12-18(25)17(24)11-16(21)23(30)27-19-7-10-28(14-22(19)32-2)9-4-6-20(29)15-5-3-8-26-13-15/h3,5,8,11-13,19,22H,4,6-7,9-10,14,25H2,1-2H3,(H,27,30)/t19-,22+/m1/s1. The normalized spacial score (nSPS) is 18.8. The summed E-state index contributed by atoms with van der Waals surface area (Å²) in [4.78, 5) is 31.4. The lowest BCUT2D eigenvalue weighted by molar-refractivity contribution is 0.00605. The van der Waals surface area contributed by atoms with E-state index in [2.05, 4.69) is 15.2 Å². The van der Waals surface area contributed by atoms with Crippen LogP contribution >= 0.6 is 11.6 Å². The second-order valence-corrected chi connectivity index (χ2v) is 8.19. The molecule has 3 rings (SSSR count). The predicted octanol–water partition coefficient (Wildman–Crippen LogP) is 2.81. The van der Waals surface area contributed by atoms with E-state index >= 15 is 0 Å². The lowest BCUT2D eigenvalue weighted by Gasteiger charge is -2.38. The predicted molar refractivity (Wildman–Crippen MR) is 123 cm³/mol. The molecule has 1 amide bonds. The molecule has 0 unspecified atom stereocenters. The number of Topliss-reactive ketones (excluding diaryl/α,β-unsaturated/α-hetero) is 1. The van der Waals surface area contributed by atoms with Gasteiger partial charge in [-0.15, -0.1) is 0 Å². The Morgan fingerprint density at radius 1 is 1.34 bits per heavy atom.